The molecule has 1 aliphatic heterocycles. The molecule has 0 saturated carbocycles. The summed E-state index contributed by atoms with van der Waals surface area (Å²) in [5, 5.41) is 8.51. The number of piperidine rings is 1. The summed E-state index contributed by atoms with van der Waals surface area (Å²) in [7, 11) is 3.05. The number of likely N-dealkylation sites (tertiary alicyclic amines) is 1. The highest BCUT2D eigenvalue weighted by Crippen LogP contribution is 2.18. The topological polar surface area (TPSA) is 73.6 Å². The average molecular weight is 267 g/mol. The van der Waals surface area contributed by atoms with E-state index in [1.807, 2.05) is 11.0 Å². The second kappa shape index (κ2) is 7.74. The molecule has 6 nitrogen and oxygen atoms in total. The molecule has 0 aromatic rings. The number of ether oxygens (including phenoxy) is 1. The van der Waals surface area contributed by atoms with E-state index in [4.69, 9.17) is 10.00 Å². The van der Waals surface area contributed by atoms with Crippen LogP contribution in [0.2, 0.25) is 0 Å². The summed E-state index contributed by atoms with van der Waals surface area (Å²) < 4.78 is 4.78. The van der Waals surface area contributed by atoms with Gasteiger partial charge >= 0.3 is 5.97 Å². The molecule has 0 radical (unpaired) electrons. The first-order chi connectivity index (χ1) is 9.10. The van der Waals surface area contributed by atoms with Gasteiger partial charge in [-0.05, 0) is 19.4 Å². The van der Waals surface area contributed by atoms with Gasteiger partial charge in [0.15, 0.2) is 0 Å². The number of nitrogens with zero attached hydrogens (tertiary/aromatic N) is 3. The zero-order valence-electron chi connectivity index (χ0n) is 11.6. The second-order valence-electron chi connectivity index (χ2n) is 4.73. The number of esters is 1. The first kappa shape index (κ1) is 15.4. The highest BCUT2D eigenvalue weighted by Gasteiger charge is 2.31. The number of amides is 1. The summed E-state index contributed by atoms with van der Waals surface area (Å²) in [6, 6.07) is 1.70. The lowest BCUT2D eigenvalue weighted by Gasteiger charge is -2.34. The first-order valence-electron chi connectivity index (χ1n) is 6.53. The molecule has 0 unspecified atom stereocenters. The quantitative estimate of drug-likeness (QED) is 0.673. The number of carbonyl (C=O) groups excluding carboxylic acids is 2. The fourth-order valence-electron chi connectivity index (χ4n) is 2.22. The number of hydrogen-bond acceptors (Lipinski definition) is 5. The maximum Gasteiger partial charge on any atom is 0.323 e. The van der Waals surface area contributed by atoms with Gasteiger partial charge in [0.25, 0.3) is 0 Å². The fraction of sp³-hybridized carbons (Fsp3) is 0.769. The molecule has 1 amide bonds. The van der Waals surface area contributed by atoms with Gasteiger partial charge in [-0.2, -0.15) is 5.26 Å². The molecule has 1 rings (SSSR count). The molecule has 0 N–H and O–H groups in total. The Morgan fingerprint density at radius 3 is 2.84 bits per heavy atom. The SMILES string of the molecule is COC(=O)[C@H]1CCCCN1CC(=O)N(C)CCC#N. The molecular weight excluding hydrogens is 246 g/mol. The standard InChI is InChI=1S/C13H21N3O3/c1-15(8-5-7-14)12(17)10-16-9-4-3-6-11(16)13(18)19-2/h11H,3-6,8-10H2,1-2H3/t11-/m1/s1. The van der Waals surface area contributed by atoms with Crippen LogP contribution in [0.25, 0.3) is 0 Å². The normalized spacial score (nSPS) is 19.5. The zero-order chi connectivity index (χ0) is 14.3. The highest BCUT2D eigenvalue weighted by molar-refractivity contribution is 5.80. The van der Waals surface area contributed by atoms with Crippen LogP contribution in [0, 0.1) is 11.3 Å². The average Bonchev–Trinajstić information content (AvgIpc) is 2.44. The van der Waals surface area contributed by atoms with E-state index in [9.17, 15) is 9.59 Å². The number of hydrogen-bond donors (Lipinski definition) is 0. The van der Waals surface area contributed by atoms with Gasteiger partial charge in [0, 0.05) is 13.6 Å². The molecule has 1 heterocycles. The van der Waals surface area contributed by atoms with Crippen molar-refractivity contribution in [2.24, 2.45) is 0 Å². The highest BCUT2D eigenvalue weighted by atomic mass is 16.5. The van der Waals surface area contributed by atoms with Crippen molar-refractivity contribution in [2.75, 3.05) is 33.8 Å². The van der Waals surface area contributed by atoms with E-state index in [1.54, 1.807) is 7.05 Å². The molecule has 6 heteroatoms. The van der Waals surface area contributed by atoms with Gasteiger partial charge in [-0.3, -0.25) is 14.5 Å². The minimum atomic E-state index is -0.313. The van der Waals surface area contributed by atoms with Crippen molar-refractivity contribution in [3.8, 4) is 6.07 Å². The minimum Gasteiger partial charge on any atom is -0.468 e. The van der Waals surface area contributed by atoms with Gasteiger partial charge in [-0.15, -0.1) is 0 Å². The van der Waals surface area contributed by atoms with Crippen LogP contribution < -0.4 is 0 Å². The maximum absolute atomic E-state index is 12.0. The third-order valence-corrected chi connectivity index (χ3v) is 3.41. The van der Waals surface area contributed by atoms with Crippen LogP contribution in [0.5, 0.6) is 0 Å². The Morgan fingerprint density at radius 1 is 1.47 bits per heavy atom. The third-order valence-electron chi connectivity index (χ3n) is 3.41. The molecule has 19 heavy (non-hydrogen) atoms. The van der Waals surface area contributed by atoms with E-state index in [0.717, 1.165) is 25.8 Å². The summed E-state index contributed by atoms with van der Waals surface area (Å²) in [6.07, 6.45) is 3.03. The number of likely N-dealkylation sites (N-methyl/N-ethyl adjacent to an activating group) is 1. The monoisotopic (exact) mass is 267 g/mol. The van der Waals surface area contributed by atoms with E-state index < -0.39 is 0 Å². The van der Waals surface area contributed by atoms with Gasteiger partial charge in [0.05, 0.1) is 26.1 Å². The van der Waals surface area contributed by atoms with Crippen LogP contribution in [0.3, 0.4) is 0 Å². The molecule has 1 aliphatic rings. The predicted molar refractivity (Wildman–Crippen MR) is 69.1 cm³/mol. The summed E-state index contributed by atoms with van der Waals surface area (Å²) in [4.78, 5) is 27.1. The summed E-state index contributed by atoms with van der Waals surface area (Å²) >= 11 is 0. The predicted octanol–water partition coefficient (Wildman–Crippen LogP) is 0.386. The lowest BCUT2D eigenvalue weighted by Crippen LogP contribution is -2.49. The van der Waals surface area contributed by atoms with Gasteiger partial charge in [0.1, 0.15) is 6.04 Å². The van der Waals surface area contributed by atoms with Crippen LogP contribution >= 0.6 is 0 Å². The van der Waals surface area contributed by atoms with E-state index in [2.05, 4.69) is 0 Å². The Kier molecular flexibility index (Phi) is 6.30. The Bertz CT molecular complexity index is 365. The van der Waals surface area contributed by atoms with E-state index >= 15 is 0 Å². The van der Waals surface area contributed by atoms with Crippen LogP contribution in [0.1, 0.15) is 25.7 Å². The molecule has 1 saturated heterocycles. The van der Waals surface area contributed by atoms with Crippen LogP contribution in [-0.4, -0.2) is 61.5 Å². The van der Waals surface area contributed by atoms with Gasteiger partial charge < -0.3 is 9.64 Å². The third kappa shape index (κ3) is 4.52. The van der Waals surface area contributed by atoms with Crippen molar-refractivity contribution >= 4 is 11.9 Å². The second-order valence-corrected chi connectivity index (χ2v) is 4.73. The molecule has 1 fully saturated rings. The summed E-state index contributed by atoms with van der Waals surface area (Å²) in [5.41, 5.74) is 0. The molecule has 106 valence electrons. The molecule has 0 aliphatic carbocycles. The van der Waals surface area contributed by atoms with Crippen molar-refractivity contribution in [3.63, 3.8) is 0 Å². The van der Waals surface area contributed by atoms with Gasteiger partial charge in [0.2, 0.25) is 5.91 Å². The Labute approximate surface area is 113 Å². The van der Waals surface area contributed by atoms with Crippen molar-refractivity contribution in [1.82, 2.24) is 9.80 Å². The summed E-state index contributed by atoms with van der Waals surface area (Å²) in [6.45, 7) is 1.37. The number of nitriles is 1. The van der Waals surface area contributed by atoms with Crippen molar-refractivity contribution < 1.29 is 14.3 Å². The zero-order valence-corrected chi connectivity index (χ0v) is 11.6. The lowest BCUT2D eigenvalue weighted by atomic mass is 10.0. The summed E-state index contributed by atoms with van der Waals surface area (Å²) in [5.74, 6) is -0.335. The van der Waals surface area contributed by atoms with Gasteiger partial charge in [-0.25, -0.2) is 0 Å². The Balaban J connectivity index is 2.55. The molecule has 0 spiro atoms. The van der Waals surface area contributed by atoms with Gasteiger partial charge in [-0.1, -0.05) is 6.42 Å². The van der Waals surface area contributed by atoms with Crippen molar-refractivity contribution in [1.29, 1.82) is 5.26 Å². The fourth-order valence-corrected chi connectivity index (χ4v) is 2.22. The molecule has 0 aromatic heterocycles. The van der Waals surface area contributed by atoms with Crippen LogP contribution in [0.4, 0.5) is 0 Å². The van der Waals surface area contributed by atoms with Crippen LogP contribution in [-0.2, 0) is 14.3 Å². The number of methoxy groups -OCH3 is 1. The number of carbonyl (C=O) groups is 2. The molecule has 0 bridgehead atoms. The Hall–Kier alpha value is -1.61. The molecule has 0 aromatic carbocycles. The largest absolute Gasteiger partial charge is 0.468 e. The minimum absolute atomic E-state index is 0.0638. The number of rotatable bonds is 5. The Morgan fingerprint density at radius 2 is 2.21 bits per heavy atom. The smallest absolute Gasteiger partial charge is 0.323 e. The molecule has 1 atom stereocenters. The molecular formula is C13H21N3O3. The maximum atomic E-state index is 12.0. The van der Waals surface area contributed by atoms with Crippen molar-refractivity contribution in [2.45, 2.75) is 31.7 Å². The van der Waals surface area contributed by atoms with Crippen LogP contribution in [0.15, 0.2) is 0 Å². The van der Waals surface area contributed by atoms with E-state index in [-0.39, 0.29) is 24.5 Å². The lowest BCUT2D eigenvalue weighted by molar-refractivity contribution is -0.149. The van der Waals surface area contributed by atoms with Crippen molar-refractivity contribution in [3.05, 3.63) is 0 Å². The van der Waals surface area contributed by atoms with E-state index in [1.165, 1.54) is 12.0 Å². The first-order valence-corrected chi connectivity index (χ1v) is 6.53. The van der Waals surface area contributed by atoms with E-state index in [0.29, 0.717) is 13.0 Å².